The standard InChI is InChI=1S/C24H39NO8S2/c1-14-12-10-8-9-11-13-34-23-22(32-17(4)28)21(31-16(3)27)20(30-15(2)26)19(33-23)18(14)25-35(29)24(5,6)7/h10,12,14,18-23,25H,8-9,11,13H2,1-7H3/b12-10-/t14-,18-,19-,20+,21+,22-,23-,35?/m1/s1. The Labute approximate surface area is 215 Å². The smallest absolute Gasteiger partial charge is 0.303 e. The first-order chi connectivity index (χ1) is 16.3. The van der Waals surface area contributed by atoms with Gasteiger partial charge < -0.3 is 23.5 Å². The van der Waals surface area contributed by atoms with Crippen LogP contribution in [0.25, 0.3) is 0 Å². The number of rotatable bonds is 5. The van der Waals surface area contributed by atoms with Gasteiger partial charge in [0.15, 0.2) is 18.3 Å². The molecule has 1 fully saturated rings. The lowest BCUT2D eigenvalue weighted by Gasteiger charge is -2.47. The van der Waals surface area contributed by atoms with Crippen molar-refractivity contribution >= 4 is 41.0 Å². The molecule has 0 aliphatic carbocycles. The number of hydrogen-bond acceptors (Lipinski definition) is 10. The van der Waals surface area contributed by atoms with Gasteiger partial charge in [0.05, 0.1) is 6.04 Å². The Bertz CT molecular complexity index is 771. The highest BCUT2D eigenvalue weighted by molar-refractivity contribution is 7.99. The van der Waals surface area contributed by atoms with Gasteiger partial charge in [-0.15, -0.1) is 16.5 Å². The Morgan fingerprint density at radius 3 is 2.14 bits per heavy atom. The van der Waals surface area contributed by atoms with Gasteiger partial charge in [-0.25, -0.2) is 0 Å². The van der Waals surface area contributed by atoms with E-state index in [9.17, 15) is 18.9 Å². The number of allylic oxidation sites excluding steroid dienone is 1. The van der Waals surface area contributed by atoms with Crippen molar-refractivity contribution < 1.29 is 37.9 Å². The minimum absolute atomic E-state index is 0.169. The number of nitrogens with one attached hydrogen (secondary N) is 1. The third-order valence-corrected chi connectivity index (χ3v) is 8.47. The number of esters is 3. The van der Waals surface area contributed by atoms with Crippen LogP contribution < -0.4 is 4.72 Å². The third kappa shape index (κ3) is 8.96. The van der Waals surface area contributed by atoms with Crippen molar-refractivity contribution in [2.45, 2.75) is 108 Å². The maximum absolute atomic E-state index is 13.2. The van der Waals surface area contributed by atoms with Gasteiger partial charge in [-0.1, -0.05) is 19.1 Å². The van der Waals surface area contributed by atoms with Gasteiger partial charge in [0.2, 0.25) is 0 Å². The second-order valence-corrected chi connectivity index (χ2v) is 13.1. The van der Waals surface area contributed by atoms with Crippen LogP contribution in [0.4, 0.5) is 0 Å². The van der Waals surface area contributed by atoms with Crippen LogP contribution in [-0.2, 0) is 44.7 Å². The molecule has 0 spiro atoms. The van der Waals surface area contributed by atoms with Gasteiger partial charge in [0.1, 0.15) is 16.3 Å². The van der Waals surface area contributed by atoms with E-state index in [4.69, 9.17) is 18.9 Å². The lowest BCUT2D eigenvalue weighted by molar-refractivity contribution is -0.236. The van der Waals surface area contributed by atoms with Gasteiger partial charge in [-0.05, 0) is 51.7 Å². The first-order valence-electron chi connectivity index (χ1n) is 11.9. The molecular weight excluding hydrogens is 494 g/mol. The maximum atomic E-state index is 13.2. The molecular formula is C24H39NO8S2. The van der Waals surface area contributed by atoms with Crippen molar-refractivity contribution in [2.24, 2.45) is 5.92 Å². The van der Waals surface area contributed by atoms with E-state index in [2.05, 4.69) is 10.8 Å². The Kier molecular flexibility index (Phi) is 11.4. The summed E-state index contributed by atoms with van der Waals surface area (Å²) in [4.78, 5) is 36.2. The van der Waals surface area contributed by atoms with E-state index >= 15 is 0 Å². The molecule has 200 valence electrons. The lowest BCUT2D eigenvalue weighted by Crippen LogP contribution is -2.66. The molecule has 2 aliphatic heterocycles. The molecule has 2 rings (SSSR count). The maximum Gasteiger partial charge on any atom is 0.303 e. The first-order valence-corrected chi connectivity index (χ1v) is 14.1. The van der Waals surface area contributed by atoms with Crippen LogP contribution in [0, 0.1) is 5.92 Å². The van der Waals surface area contributed by atoms with Crippen LogP contribution in [0.15, 0.2) is 12.2 Å². The SMILES string of the molecule is CC(=O)O[C@@H]1[C@H](OC(C)=O)[C@@H](OC(C)=O)[C@@H]2O[C@@H]1[C@H](N[S+]([O-])C(C)(C)C)[C@H](C)/C=C\CCCCS2. The van der Waals surface area contributed by atoms with Crippen molar-refractivity contribution in [3.05, 3.63) is 12.2 Å². The van der Waals surface area contributed by atoms with E-state index < -0.39 is 69.9 Å². The second-order valence-electron chi connectivity index (χ2n) is 9.87. The largest absolute Gasteiger partial charge is 0.598 e. The Hall–Kier alpha value is -1.27. The first kappa shape index (κ1) is 30.0. The van der Waals surface area contributed by atoms with E-state index in [1.807, 2.05) is 33.8 Å². The van der Waals surface area contributed by atoms with E-state index in [0.29, 0.717) is 0 Å². The number of carbonyl (C=O) groups excluding carboxylic acids is 3. The molecule has 35 heavy (non-hydrogen) atoms. The molecule has 2 bridgehead atoms. The molecule has 0 aromatic carbocycles. The molecule has 0 saturated carbocycles. The van der Waals surface area contributed by atoms with Gasteiger partial charge in [0, 0.05) is 32.1 Å². The van der Waals surface area contributed by atoms with Crippen LogP contribution in [0.5, 0.6) is 0 Å². The molecule has 1 N–H and O–H groups in total. The van der Waals surface area contributed by atoms with Crippen molar-refractivity contribution in [3.63, 3.8) is 0 Å². The number of carbonyl (C=O) groups is 3. The summed E-state index contributed by atoms with van der Waals surface area (Å²) in [5.41, 5.74) is -0.678. The fraction of sp³-hybridized carbons (Fsp3) is 0.792. The number of ether oxygens (including phenoxy) is 4. The zero-order valence-electron chi connectivity index (χ0n) is 21.6. The quantitative estimate of drug-likeness (QED) is 0.244. The third-order valence-electron chi connectivity index (χ3n) is 5.64. The number of fused-ring (bicyclic) bond motifs is 2. The summed E-state index contributed by atoms with van der Waals surface area (Å²) in [6.45, 7) is 11.3. The van der Waals surface area contributed by atoms with Crippen LogP contribution >= 0.6 is 11.8 Å². The minimum atomic E-state index is -1.47. The van der Waals surface area contributed by atoms with Gasteiger partial charge in [-0.2, -0.15) is 0 Å². The average molecular weight is 534 g/mol. The highest BCUT2D eigenvalue weighted by Gasteiger charge is 2.55. The molecule has 0 aromatic rings. The summed E-state index contributed by atoms with van der Waals surface area (Å²) in [6, 6.07) is -0.561. The summed E-state index contributed by atoms with van der Waals surface area (Å²) < 4.78 is 39.1. The summed E-state index contributed by atoms with van der Waals surface area (Å²) >= 11 is -0.00634. The number of hydrogen-bond donors (Lipinski definition) is 1. The molecule has 11 heteroatoms. The zero-order valence-corrected chi connectivity index (χ0v) is 23.2. The van der Waals surface area contributed by atoms with Crippen LogP contribution in [-0.4, -0.2) is 68.9 Å². The predicted molar refractivity (Wildman–Crippen MR) is 135 cm³/mol. The highest BCUT2D eigenvalue weighted by atomic mass is 32.2. The second kappa shape index (κ2) is 13.3. The fourth-order valence-electron chi connectivity index (χ4n) is 4.00. The Morgan fingerprint density at radius 1 is 1.00 bits per heavy atom. The summed E-state index contributed by atoms with van der Waals surface area (Å²) in [7, 11) is 0. The minimum Gasteiger partial charge on any atom is -0.598 e. The highest BCUT2D eigenvalue weighted by Crippen LogP contribution is 2.37. The average Bonchev–Trinajstić information content (AvgIpc) is 2.72. The molecule has 0 radical (unpaired) electrons. The van der Waals surface area contributed by atoms with Gasteiger partial charge in [0.25, 0.3) is 0 Å². The predicted octanol–water partition coefficient (Wildman–Crippen LogP) is 3.04. The van der Waals surface area contributed by atoms with E-state index in [-0.39, 0.29) is 5.92 Å². The van der Waals surface area contributed by atoms with Crippen LogP contribution in [0.1, 0.15) is 67.7 Å². The molecule has 2 aliphatic rings. The zero-order chi connectivity index (χ0) is 26.3. The van der Waals surface area contributed by atoms with Gasteiger partial charge in [-0.3, -0.25) is 14.4 Å². The topological polar surface area (TPSA) is 123 Å². The fourth-order valence-corrected chi connectivity index (χ4v) is 6.16. The normalized spacial score (nSPS) is 33.9. The van der Waals surface area contributed by atoms with E-state index in [1.54, 1.807) is 0 Å². The van der Waals surface area contributed by atoms with Crippen molar-refractivity contribution in [1.82, 2.24) is 4.72 Å². The summed E-state index contributed by atoms with van der Waals surface area (Å²) in [6.07, 6.45) is 2.91. The Balaban J connectivity index is 2.61. The molecule has 9 nitrogen and oxygen atoms in total. The summed E-state index contributed by atoms with van der Waals surface area (Å²) in [5.74, 6) is -1.21. The van der Waals surface area contributed by atoms with Gasteiger partial charge >= 0.3 is 17.9 Å². The van der Waals surface area contributed by atoms with Crippen molar-refractivity contribution in [1.29, 1.82) is 0 Å². The molecule has 0 aromatic heterocycles. The summed E-state index contributed by atoms with van der Waals surface area (Å²) in [5, 5.41) is 0. The lowest BCUT2D eigenvalue weighted by atomic mass is 9.88. The molecule has 1 unspecified atom stereocenters. The molecule has 1 saturated heterocycles. The van der Waals surface area contributed by atoms with E-state index in [1.165, 1.54) is 32.5 Å². The monoisotopic (exact) mass is 533 g/mol. The van der Waals surface area contributed by atoms with Crippen molar-refractivity contribution in [3.8, 4) is 0 Å². The van der Waals surface area contributed by atoms with Crippen LogP contribution in [0.2, 0.25) is 0 Å². The van der Waals surface area contributed by atoms with Crippen LogP contribution in [0.3, 0.4) is 0 Å². The Morgan fingerprint density at radius 2 is 1.57 bits per heavy atom. The molecule has 0 amide bonds. The van der Waals surface area contributed by atoms with E-state index in [0.717, 1.165) is 25.0 Å². The number of thioether (sulfide) groups is 1. The molecule has 2 heterocycles. The van der Waals surface area contributed by atoms with Crippen molar-refractivity contribution in [2.75, 3.05) is 5.75 Å². The molecule has 8 atom stereocenters.